The second-order valence-electron chi connectivity index (χ2n) is 3.51. The maximum atomic E-state index is 4.32. The third kappa shape index (κ3) is 2.45. The Morgan fingerprint density at radius 1 is 1.50 bits per heavy atom. The highest BCUT2D eigenvalue weighted by atomic mass is 32.1. The summed E-state index contributed by atoms with van der Waals surface area (Å²) in [7, 11) is 1.90. The van der Waals surface area contributed by atoms with Crippen LogP contribution in [-0.4, -0.2) is 19.7 Å². The van der Waals surface area contributed by atoms with Crippen LogP contribution in [0, 0.1) is 0 Å². The first-order chi connectivity index (χ1) is 7.81. The zero-order valence-electron chi connectivity index (χ0n) is 9.42. The standard InChI is InChI=1S/C10H15N5S/c1-3-8(10-11-4-5-16-10)12-6-9-13-7-14-15(9)2/h4-5,7-8,12H,3,6H2,1-2H3. The van der Waals surface area contributed by atoms with Gasteiger partial charge in [0.1, 0.15) is 17.2 Å². The fraction of sp³-hybridized carbons (Fsp3) is 0.500. The Labute approximate surface area is 98.5 Å². The minimum Gasteiger partial charge on any atom is -0.301 e. The molecule has 0 fully saturated rings. The van der Waals surface area contributed by atoms with Gasteiger partial charge in [0.25, 0.3) is 0 Å². The quantitative estimate of drug-likeness (QED) is 0.856. The molecular weight excluding hydrogens is 222 g/mol. The number of hydrogen-bond acceptors (Lipinski definition) is 5. The summed E-state index contributed by atoms with van der Waals surface area (Å²) in [5.41, 5.74) is 0. The van der Waals surface area contributed by atoms with Crippen LogP contribution in [0.15, 0.2) is 17.9 Å². The number of hydrogen-bond donors (Lipinski definition) is 1. The molecule has 0 spiro atoms. The first-order valence-corrected chi connectivity index (χ1v) is 6.15. The van der Waals surface area contributed by atoms with E-state index in [0.717, 1.165) is 17.3 Å². The highest BCUT2D eigenvalue weighted by Gasteiger charge is 2.12. The third-order valence-corrected chi connectivity index (χ3v) is 3.36. The number of rotatable bonds is 5. The van der Waals surface area contributed by atoms with E-state index in [1.54, 1.807) is 22.3 Å². The van der Waals surface area contributed by atoms with Crippen LogP contribution in [0.5, 0.6) is 0 Å². The van der Waals surface area contributed by atoms with E-state index in [-0.39, 0.29) is 0 Å². The minimum absolute atomic E-state index is 0.302. The number of nitrogens with one attached hydrogen (secondary N) is 1. The van der Waals surface area contributed by atoms with Crippen molar-refractivity contribution in [2.45, 2.75) is 25.9 Å². The maximum Gasteiger partial charge on any atom is 0.140 e. The van der Waals surface area contributed by atoms with E-state index >= 15 is 0 Å². The molecule has 5 nitrogen and oxygen atoms in total. The van der Waals surface area contributed by atoms with Gasteiger partial charge >= 0.3 is 0 Å². The first-order valence-electron chi connectivity index (χ1n) is 5.27. The van der Waals surface area contributed by atoms with Gasteiger partial charge in [-0.3, -0.25) is 4.68 Å². The van der Waals surface area contributed by atoms with Crippen molar-refractivity contribution in [3.8, 4) is 0 Å². The molecule has 2 aromatic rings. The Morgan fingerprint density at radius 2 is 2.38 bits per heavy atom. The van der Waals surface area contributed by atoms with Crippen molar-refractivity contribution < 1.29 is 0 Å². The van der Waals surface area contributed by atoms with Gasteiger partial charge in [0.2, 0.25) is 0 Å². The van der Waals surface area contributed by atoms with Gasteiger partial charge in [-0.15, -0.1) is 11.3 Å². The largest absolute Gasteiger partial charge is 0.301 e. The van der Waals surface area contributed by atoms with E-state index in [4.69, 9.17) is 0 Å². The monoisotopic (exact) mass is 237 g/mol. The number of nitrogens with zero attached hydrogens (tertiary/aromatic N) is 4. The highest BCUT2D eigenvalue weighted by molar-refractivity contribution is 7.09. The van der Waals surface area contributed by atoms with Crippen molar-refractivity contribution in [3.63, 3.8) is 0 Å². The van der Waals surface area contributed by atoms with Crippen LogP contribution in [0.3, 0.4) is 0 Å². The topological polar surface area (TPSA) is 55.6 Å². The van der Waals surface area contributed by atoms with Gasteiger partial charge in [-0.2, -0.15) is 5.10 Å². The van der Waals surface area contributed by atoms with E-state index in [1.165, 1.54) is 0 Å². The van der Waals surface area contributed by atoms with Gasteiger partial charge in [0, 0.05) is 18.6 Å². The molecule has 0 saturated heterocycles. The van der Waals surface area contributed by atoms with Gasteiger partial charge in [-0.05, 0) is 6.42 Å². The minimum atomic E-state index is 0.302. The Kier molecular flexibility index (Phi) is 3.63. The molecule has 1 atom stereocenters. The van der Waals surface area contributed by atoms with Crippen LogP contribution < -0.4 is 5.32 Å². The summed E-state index contributed by atoms with van der Waals surface area (Å²) in [6, 6.07) is 0.302. The van der Waals surface area contributed by atoms with Crippen LogP contribution in [0.25, 0.3) is 0 Å². The predicted molar refractivity (Wildman–Crippen MR) is 63.0 cm³/mol. The molecular formula is C10H15N5S. The summed E-state index contributed by atoms with van der Waals surface area (Å²) in [5, 5.41) is 10.6. The first kappa shape index (κ1) is 11.2. The molecule has 0 aromatic carbocycles. The molecule has 0 aliphatic carbocycles. The van der Waals surface area contributed by atoms with Crippen LogP contribution >= 0.6 is 11.3 Å². The van der Waals surface area contributed by atoms with Gasteiger partial charge in [0.05, 0.1) is 12.6 Å². The Morgan fingerprint density at radius 3 is 2.94 bits per heavy atom. The molecule has 0 aliphatic heterocycles. The summed E-state index contributed by atoms with van der Waals surface area (Å²) in [5.74, 6) is 0.940. The van der Waals surface area contributed by atoms with Gasteiger partial charge in [0.15, 0.2) is 0 Å². The summed E-state index contributed by atoms with van der Waals surface area (Å²) in [4.78, 5) is 8.50. The smallest absolute Gasteiger partial charge is 0.140 e. The van der Waals surface area contributed by atoms with Crippen LogP contribution in [0.1, 0.15) is 30.2 Å². The van der Waals surface area contributed by atoms with E-state index in [0.29, 0.717) is 12.6 Å². The Bertz CT molecular complexity index is 422. The average molecular weight is 237 g/mol. The van der Waals surface area contributed by atoms with Crippen LogP contribution in [-0.2, 0) is 13.6 Å². The number of aryl methyl sites for hydroxylation is 1. The Hall–Kier alpha value is -1.27. The molecule has 0 aliphatic rings. The van der Waals surface area contributed by atoms with Gasteiger partial charge in [-0.25, -0.2) is 9.97 Å². The zero-order chi connectivity index (χ0) is 11.4. The molecule has 0 radical (unpaired) electrons. The van der Waals surface area contributed by atoms with E-state index < -0.39 is 0 Å². The summed E-state index contributed by atoms with van der Waals surface area (Å²) < 4.78 is 1.78. The highest BCUT2D eigenvalue weighted by Crippen LogP contribution is 2.18. The summed E-state index contributed by atoms with van der Waals surface area (Å²) in [6.07, 6.45) is 4.43. The molecule has 2 aromatic heterocycles. The van der Waals surface area contributed by atoms with Crippen molar-refractivity contribution >= 4 is 11.3 Å². The lowest BCUT2D eigenvalue weighted by atomic mass is 10.2. The molecule has 0 saturated carbocycles. The second kappa shape index (κ2) is 5.18. The van der Waals surface area contributed by atoms with E-state index in [2.05, 4.69) is 27.3 Å². The van der Waals surface area contributed by atoms with Crippen molar-refractivity contribution in [2.75, 3.05) is 0 Å². The van der Waals surface area contributed by atoms with E-state index in [9.17, 15) is 0 Å². The van der Waals surface area contributed by atoms with Crippen molar-refractivity contribution in [1.29, 1.82) is 0 Å². The lowest BCUT2D eigenvalue weighted by Gasteiger charge is -2.13. The number of aromatic nitrogens is 4. The molecule has 6 heteroatoms. The van der Waals surface area contributed by atoms with Crippen LogP contribution in [0.4, 0.5) is 0 Å². The molecule has 0 bridgehead atoms. The molecule has 2 heterocycles. The van der Waals surface area contributed by atoms with Crippen molar-refractivity contribution in [2.24, 2.45) is 7.05 Å². The lowest BCUT2D eigenvalue weighted by Crippen LogP contribution is -2.22. The SMILES string of the molecule is CCC(NCc1ncnn1C)c1nccs1. The summed E-state index contributed by atoms with van der Waals surface area (Å²) >= 11 is 1.68. The maximum absolute atomic E-state index is 4.32. The zero-order valence-corrected chi connectivity index (χ0v) is 10.2. The molecule has 16 heavy (non-hydrogen) atoms. The third-order valence-electron chi connectivity index (χ3n) is 2.47. The number of thiazole rings is 1. The summed E-state index contributed by atoms with van der Waals surface area (Å²) in [6.45, 7) is 2.87. The Balaban J connectivity index is 1.96. The fourth-order valence-electron chi connectivity index (χ4n) is 1.51. The average Bonchev–Trinajstić information content (AvgIpc) is 2.92. The molecule has 86 valence electrons. The van der Waals surface area contributed by atoms with Gasteiger partial charge < -0.3 is 5.32 Å². The van der Waals surface area contributed by atoms with Crippen molar-refractivity contribution in [1.82, 2.24) is 25.1 Å². The van der Waals surface area contributed by atoms with E-state index in [1.807, 2.05) is 18.6 Å². The molecule has 1 N–H and O–H groups in total. The predicted octanol–water partition coefficient (Wildman–Crippen LogP) is 1.51. The molecule has 0 amide bonds. The van der Waals surface area contributed by atoms with Crippen LogP contribution in [0.2, 0.25) is 0 Å². The normalized spacial score (nSPS) is 12.9. The fourth-order valence-corrected chi connectivity index (χ4v) is 2.30. The molecule has 2 rings (SSSR count). The lowest BCUT2D eigenvalue weighted by molar-refractivity contribution is 0.495. The van der Waals surface area contributed by atoms with Gasteiger partial charge in [-0.1, -0.05) is 6.92 Å². The molecule has 1 unspecified atom stereocenters. The van der Waals surface area contributed by atoms with Crippen molar-refractivity contribution in [3.05, 3.63) is 28.7 Å². The second-order valence-corrected chi connectivity index (χ2v) is 4.44.